The number of hydrogen-bond acceptors (Lipinski definition) is 7. The third-order valence-corrected chi connectivity index (χ3v) is 26.1. The molecule has 28 aromatic rings. The maximum atomic E-state index is 5.95. The van der Waals surface area contributed by atoms with Gasteiger partial charge in [0.25, 0.3) is 0 Å². The summed E-state index contributed by atoms with van der Waals surface area (Å²) in [6.45, 7) is 12.7. The Bertz CT molecular complexity index is 9330. The average molecular weight is 1790 g/mol. The van der Waals surface area contributed by atoms with Crippen LogP contribution in [0.1, 0.15) is 33.4 Å². The number of fused-ring (bicyclic) bond motifs is 21. The van der Waals surface area contributed by atoms with Gasteiger partial charge in [0.1, 0.15) is 78.2 Å². The molecule has 139 heavy (non-hydrogen) atoms. The summed E-state index contributed by atoms with van der Waals surface area (Å²) >= 11 is 0. The SMILES string of the molecule is Cc1ccc(-c2ccc3c(c2)oc2ccccc23)cc1.Cc1ccc(-c2ccc3oc4ccccc4c3c2)cc1.Cc1cccc(-c2ccc3c(c2)oc2ccccc23)c1.Cc1cccc(-c2ccc3oc4ccccc4c3c2)c1.Cc1ccccc1-c1ccc2c(c1)oc1ccccc12.Cc1ccccc1-c1ccc2oc3ccccc3c2c1.c1ccc(-c2ccc3c(c2)oc2ccccc23)cc1. The number of aryl methyl sites for hydroxylation is 6. The van der Waals surface area contributed by atoms with E-state index < -0.39 is 0 Å². The summed E-state index contributed by atoms with van der Waals surface area (Å²) in [6, 6.07) is 164. The Balaban J connectivity index is 0.0000000934. The molecule has 0 N–H and O–H groups in total. The van der Waals surface area contributed by atoms with E-state index in [2.05, 4.69) is 399 Å². The zero-order valence-corrected chi connectivity index (χ0v) is 77.9. The summed E-state index contributed by atoms with van der Waals surface area (Å²) in [5.74, 6) is 0. The lowest BCUT2D eigenvalue weighted by Gasteiger charge is -2.05. The first-order valence-electron chi connectivity index (χ1n) is 47.2. The number of furan rings is 7. The summed E-state index contributed by atoms with van der Waals surface area (Å²) in [4.78, 5) is 0. The maximum Gasteiger partial charge on any atom is 0.136 e. The van der Waals surface area contributed by atoms with Crippen molar-refractivity contribution in [1.82, 2.24) is 0 Å². The Kier molecular flexibility index (Phi) is 23.9. The van der Waals surface area contributed by atoms with E-state index in [0.29, 0.717) is 0 Å². The normalized spacial score (nSPS) is 11.2. The van der Waals surface area contributed by atoms with Gasteiger partial charge in [0.2, 0.25) is 0 Å². The average Bonchev–Trinajstić information content (AvgIpc) is 1.64. The summed E-state index contributed by atoms with van der Waals surface area (Å²) in [5.41, 5.74) is 38.1. The molecule has 21 aromatic carbocycles. The molecule has 0 amide bonds. The van der Waals surface area contributed by atoms with E-state index in [1.165, 1.54) is 187 Å². The fraction of sp³-hybridized carbons (Fsp3) is 0.0455. The highest BCUT2D eigenvalue weighted by Gasteiger charge is 2.17. The first kappa shape index (κ1) is 86.6. The molecule has 0 bridgehead atoms. The van der Waals surface area contributed by atoms with Crippen molar-refractivity contribution >= 4 is 154 Å². The Labute approximate surface area is 805 Å². The second kappa shape index (κ2) is 38.3. The van der Waals surface area contributed by atoms with Crippen LogP contribution in [-0.4, -0.2) is 0 Å². The van der Waals surface area contributed by atoms with Crippen LogP contribution >= 0.6 is 0 Å². The summed E-state index contributed by atoms with van der Waals surface area (Å²) < 4.78 is 41.4. The van der Waals surface area contributed by atoms with Gasteiger partial charge in [0.05, 0.1) is 0 Å². The van der Waals surface area contributed by atoms with E-state index >= 15 is 0 Å². The molecule has 0 aliphatic heterocycles. The highest BCUT2D eigenvalue weighted by Crippen LogP contribution is 2.42. The van der Waals surface area contributed by atoms with Gasteiger partial charge in [0, 0.05) is 75.4 Å². The highest BCUT2D eigenvalue weighted by molar-refractivity contribution is 6.12. The fourth-order valence-electron chi connectivity index (χ4n) is 18.9. The fourth-order valence-corrected chi connectivity index (χ4v) is 18.9. The van der Waals surface area contributed by atoms with Crippen LogP contribution in [-0.2, 0) is 0 Å². The minimum Gasteiger partial charge on any atom is -0.456 e. The van der Waals surface area contributed by atoms with Crippen LogP contribution < -0.4 is 0 Å². The molecule has 0 spiro atoms. The van der Waals surface area contributed by atoms with Crippen molar-refractivity contribution in [2.75, 3.05) is 0 Å². The molecule has 28 rings (SSSR count). The Morgan fingerprint density at radius 3 is 0.647 bits per heavy atom. The van der Waals surface area contributed by atoms with Gasteiger partial charge < -0.3 is 30.9 Å². The van der Waals surface area contributed by atoms with Gasteiger partial charge in [-0.1, -0.05) is 368 Å². The van der Waals surface area contributed by atoms with Gasteiger partial charge in [-0.3, -0.25) is 0 Å². The molecular formula is C132H96O7. The minimum atomic E-state index is 0.946. The quantitative estimate of drug-likeness (QED) is 0.157. The summed E-state index contributed by atoms with van der Waals surface area (Å²) in [6.07, 6.45) is 0. The molecule has 7 nitrogen and oxygen atoms in total. The summed E-state index contributed by atoms with van der Waals surface area (Å²) in [7, 11) is 0. The molecular weight excluding hydrogens is 1700 g/mol. The minimum absolute atomic E-state index is 0.946. The number of hydrogen-bond donors (Lipinski definition) is 0. The van der Waals surface area contributed by atoms with Crippen LogP contribution in [0.2, 0.25) is 0 Å². The molecule has 0 aliphatic carbocycles. The molecule has 7 aromatic heterocycles. The van der Waals surface area contributed by atoms with Crippen molar-refractivity contribution in [3.8, 4) is 77.9 Å². The van der Waals surface area contributed by atoms with E-state index in [9.17, 15) is 0 Å². The Morgan fingerprint density at radius 2 is 0.309 bits per heavy atom. The van der Waals surface area contributed by atoms with Crippen LogP contribution in [0.3, 0.4) is 0 Å². The molecule has 0 radical (unpaired) electrons. The van der Waals surface area contributed by atoms with E-state index in [1.807, 2.05) is 115 Å². The van der Waals surface area contributed by atoms with Gasteiger partial charge in [0.15, 0.2) is 0 Å². The second-order valence-electron chi connectivity index (χ2n) is 35.6. The first-order chi connectivity index (χ1) is 68.3. The highest BCUT2D eigenvalue weighted by atomic mass is 16.4. The van der Waals surface area contributed by atoms with Gasteiger partial charge in [-0.2, -0.15) is 0 Å². The number of benzene rings is 21. The van der Waals surface area contributed by atoms with E-state index in [-0.39, 0.29) is 0 Å². The lowest BCUT2D eigenvalue weighted by molar-refractivity contribution is 0.668. The number of para-hydroxylation sites is 7. The molecule has 0 atom stereocenters. The van der Waals surface area contributed by atoms with Crippen LogP contribution in [0.15, 0.2) is 504 Å². The molecule has 0 aliphatic rings. The van der Waals surface area contributed by atoms with Crippen LogP contribution in [0.25, 0.3) is 231 Å². The number of rotatable bonds is 7. The molecule has 666 valence electrons. The van der Waals surface area contributed by atoms with Crippen LogP contribution in [0.5, 0.6) is 0 Å². The lowest BCUT2D eigenvalue weighted by atomic mass is 9.99. The van der Waals surface area contributed by atoms with Crippen molar-refractivity contribution in [3.63, 3.8) is 0 Å². The first-order valence-corrected chi connectivity index (χ1v) is 47.2. The van der Waals surface area contributed by atoms with Crippen molar-refractivity contribution in [1.29, 1.82) is 0 Å². The van der Waals surface area contributed by atoms with E-state index in [1.54, 1.807) is 0 Å². The summed E-state index contributed by atoms with van der Waals surface area (Å²) in [5, 5.41) is 16.5. The molecule has 0 saturated heterocycles. The lowest BCUT2D eigenvalue weighted by Crippen LogP contribution is -1.81. The second-order valence-corrected chi connectivity index (χ2v) is 35.6. The van der Waals surface area contributed by atoms with Crippen molar-refractivity contribution in [3.05, 3.63) is 507 Å². The third kappa shape index (κ3) is 18.2. The zero-order valence-electron chi connectivity index (χ0n) is 77.9. The van der Waals surface area contributed by atoms with Crippen LogP contribution in [0, 0.1) is 41.5 Å². The maximum absolute atomic E-state index is 5.95. The largest absolute Gasteiger partial charge is 0.456 e. The Hall–Kier alpha value is -17.8. The van der Waals surface area contributed by atoms with Crippen molar-refractivity contribution < 1.29 is 30.9 Å². The topological polar surface area (TPSA) is 92.0 Å². The molecule has 0 fully saturated rings. The van der Waals surface area contributed by atoms with Crippen LogP contribution in [0.4, 0.5) is 0 Å². The smallest absolute Gasteiger partial charge is 0.136 e. The van der Waals surface area contributed by atoms with Crippen molar-refractivity contribution in [2.45, 2.75) is 41.5 Å². The van der Waals surface area contributed by atoms with E-state index in [4.69, 9.17) is 30.9 Å². The predicted molar refractivity (Wildman–Crippen MR) is 583 cm³/mol. The molecule has 7 heterocycles. The van der Waals surface area contributed by atoms with Gasteiger partial charge in [-0.05, 0) is 258 Å². The van der Waals surface area contributed by atoms with Gasteiger partial charge in [-0.15, -0.1) is 0 Å². The Morgan fingerprint density at radius 1 is 0.108 bits per heavy atom. The predicted octanol–water partition coefficient (Wildman–Crippen LogP) is 38.6. The van der Waals surface area contributed by atoms with Crippen molar-refractivity contribution in [2.24, 2.45) is 0 Å². The monoisotopic (exact) mass is 1790 g/mol. The zero-order chi connectivity index (χ0) is 93.8. The van der Waals surface area contributed by atoms with Gasteiger partial charge >= 0.3 is 0 Å². The third-order valence-electron chi connectivity index (χ3n) is 26.1. The van der Waals surface area contributed by atoms with E-state index in [0.717, 1.165) is 78.2 Å². The molecule has 0 unspecified atom stereocenters. The molecule has 0 saturated carbocycles. The standard InChI is InChI=1S/6C19H14O.C18H12O/c1-13-5-4-6-14(11-13)15-9-10-19-17(12-15)16-7-2-3-8-18(16)20-19;1-13-5-4-6-14(11-13)15-9-10-17-16-7-2-3-8-18(16)20-19(17)12-15;1-13-6-2-3-7-15(13)14-10-11-19-17(12-14)16-8-4-5-9-18(16)20-19;1-13-6-2-3-7-15(13)14-10-11-17-16-8-4-5-9-18(16)20-19(17)12-14;1-13-6-8-14(9-7-13)15-10-11-19-17(12-15)16-4-2-3-5-18(16)20-19;1-13-6-8-14(9-7-13)15-10-11-17-16-4-2-3-5-18(16)20-19(17)12-15;1-2-6-13(7-3-1)14-10-11-16-15-8-4-5-9-17(15)19-18(16)12-14/h6*2-12H,1H3;1-12H. The molecule has 7 heteroatoms. The van der Waals surface area contributed by atoms with Gasteiger partial charge in [-0.25, -0.2) is 0 Å².